The molecule has 1 aliphatic heterocycles. The number of halogens is 3. The lowest BCUT2D eigenvalue weighted by Crippen LogP contribution is -2.14. The van der Waals surface area contributed by atoms with Crippen LogP contribution in [0.4, 0.5) is 19.0 Å². The predicted molar refractivity (Wildman–Crippen MR) is 94.5 cm³/mol. The predicted octanol–water partition coefficient (Wildman–Crippen LogP) is 2.72. The Hall–Kier alpha value is -2.43. The summed E-state index contributed by atoms with van der Waals surface area (Å²) in [5.41, 5.74) is 3.92. The lowest BCUT2D eigenvalue weighted by Gasteiger charge is -2.10. The van der Waals surface area contributed by atoms with E-state index in [1.54, 1.807) is 11.6 Å². The van der Waals surface area contributed by atoms with Gasteiger partial charge in [-0.3, -0.25) is 10.1 Å². The Labute approximate surface area is 154 Å². The van der Waals surface area contributed by atoms with Crippen molar-refractivity contribution in [3.05, 3.63) is 40.8 Å². The van der Waals surface area contributed by atoms with Crippen LogP contribution in [-0.2, 0) is 16.0 Å². The van der Waals surface area contributed by atoms with Crippen molar-refractivity contribution >= 4 is 21.9 Å². The van der Waals surface area contributed by atoms with Crippen molar-refractivity contribution in [2.45, 2.75) is 32.5 Å². The topological polar surface area (TPSA) is 89.2 Å². The molecule has 1 N–H and O–H groups in total. The SMILES string of the molecule is Cc1nn([C@@H]2CCS(=O)(=O)C2)c(C)c1/C=N\Nc1ccc(C(F)(F)F)cn1. The van der Waals surface area contributed by atoms with Gasteiger partial charge in [0.1, 0.15) is 5.82 Å². The number of sulfone groups is 1. The zero-order valence-electron chi connectivity index (χ0n) is 14.7. The number of hydrazone groups is 1. The van der Waals surface area contributed by atoms with Crippen LogP contribution in [0.5, 0.6) is 0 Å². The number of aromatic nitrogens is 3. The Bertz CT molecular complexity index is 965. The van der Waals surface area contributed by atoms with Gasteiger partial charge in [0, 0.05) is 17.5 Å². The molecule has 3 rings (SSSR count). The molecule has 1 fully saturated rings. The molecule has 27 heavy (non-hydrogen) atoms. The van der Waals surface area contributed by atoms with Crippen LogP contribution in [0.2, 0.25) is 0 Å². The lowest BCUT2D eigenvalue weighted by molar-refractivity contribution is -0.137. The Morgan fingerprint density at radius 3 is 2.63 bits per heavy atom. The summed E-state index contributed by atoms with van der Waals surface area (Å²) >= 11 is 0. The first-order valence-electron chi connectivity index (χ1n) is 8.15. The minimum atomic E-state index is -4.44. The molecule has 0 saturated carbocycles. The molecular formula is C16H18F3N5O2S. The van der Waals surface area contributed by atoms with Crippen LogP contribution >= 0.6 is 0 Å². The zero-order chi connectivity index (χ0) is 19.8. The van der Waals surface area contributed by atoms with E-state index in [4.69, 9.17) is 0 Å². The minimum absolute atomic E-state index is 0.0687. The summed E-state index contributed by atoms with van der Waals surface area (Å²) in [6.45, 7) is 3.60. The van der Waals surface area contributed by atoms with E-state index in [1.165, 1.54) is 12.3 Å². The third-order valence-electron chi connectivity index (χ3n) is 4.40. The molecule has 0 unspecified atom stereocenters. The van der Waals surface area contributed by atoms with E-state index < -0.39 is 21.6 Å². The number of rotatable bonds is 4. The summed E-state index contributed by atoms with van der Waals surface area (Å²) in [4.78, 5) is 3.67. The molecule has 0 aliphatic carbocycles. The summed E-state index contributed by atoms with van der Waals surface area (Å²) in [5.74, 6) is 0.392. The molecule has 146 valence electrons. The third kappa shape index (κ3) is 4.29. The number of hydrogen-bond acceptors (Lipinski definition) is 6. The van der Waals surface area contributed by atoms with Crippen molar-refractivity contribution < 1.29 is 21.6 Å². The highest BCUT2D eigenvalue weighted by atomic mass is 32.2. The number of pyridine rings is 1. The second-order valence-corrected chi connectivity index (χ2v) is 8.61. The molecule has 11 heteroatoms. The molecule has 0 spiro atoms. The van der Waals surface area contributed by atoms with Crippen molar-refractivity contribution in [1.82, 2.24) is 14.8 Å². The zero-order valence-corrected chi connectivity index (χ0v) is 15.5. The Kier molecular flexibility index (Phi) is 4.98. The average molecular weight is 401 g/mol. The average Bonchev–Trinajstić information content (AvgIpc) is 3.07. The molecule has 3 heterocycles. The molecule has 1 aliphatic rings. The Morgan fingerprint density at radius 2 is 2.07 bits per heavy atom. The molecule has 0 bridgehead atoms. The quantitative estimate of drug-likeness (QED) is 0.629. The summed E-state index contributed by atoms with van der Waals surface area (Å²) in [6.07, 6.45) is -1.69. The molecule has 2 aromatic heterocycles. The molecule has 1 atom stereocenters. The van der Waals surface area contributed by atoms with Gasteiger partial charge in [0.25, 0.3) is 0 Å². The standard InChI is InChI=1S/C16H18F3N5O2S/c1-10-14(11(2)24(23-10)13-5-6-27(25,26)9-13)8-21-22-15-4-3-12(7-20-15)16(17,18)19/h3-4,7-8,13H,5-6,9H2,1-2H3,(H,20,22)/b21-8-/t13-/m1/s1. The molecular weight excluding hydrogens is 383 g/mol. The van der Waals surface area contributed by atoms with E-state index in [-0.39, 0.29) is 23.4 Å². The largest absolute Gasteiger partial charge is 0.417 e. The van der Waals surface area contributed by atoms with Crippen LogP contribution in [-0.4, -0.2) is 40.9 Å². The molecule has 0 radical (unpaired) electrons. The van der Waals surface area contributed by atoms with Gasteiger partial charge < -0.3 is 0 Å². The Balaban J connectivity index is 1.72. The van der Waals surface area contributed by atoms with Crippen LogP contribution in [0, 0.1) is 13.8 Å². The summed E-state index contributed by atoms with van der Waals surface area (Å²) in [5, 5.41) is 8.42. The smallest absolute Gasteiger partial charge is 0.265 e. The number of anilines is 1. The normalized spacial score (nSPS) is 19.7. The van der Waals surface area contributed by atoms with Gasteiger partial charge in [0.15, 0.2) is 9.84 Å². The first kappa shape index (κ1) is 19.3. The second kappa shape index (κ2) is 6.95. The van der Waals surface area contributed by atoms with Gasteiger partial charge in [0.2, 0.25) is 0 Å². The molecule has 7 nitrogen and oxygen atoms in total. The van der Waals surface area contributed by atoms with Crippen LogP contribution < -0.4 is 5.43 Å². The van der Waals surface area contributed by atoms with Gasteiger partial charge in [-0.05, 0) is 32.4 Å². The summed E-state index contributed by atoms with van der Waals surface area (Å²) in [7, 11) is -3.03. The second-order valence-electron chi connectivity index (χ2n) is 6.39. The fourth-order valence-corrected chi connectivity index (χ4v) is 4.67. The van der Waals surface area contributed by atoms with Crippen molar-refractivity contribution in [3.63, 3.8) is 0 Å². The van der Waals surface area contributed by atoms with Gasteiger partial charge >= 0.3 is 6.18 Å². The number of alkyl halides is 3. The first-order valence-corrected chi connectivity index (χ1v) is 9.97. The van der Waals surface area contributed by atoms with Gasteiger partial charge in [0.05, 0.1) is 35.0 Å². The lowest BCUT2D eigenvalue weighted by atomic mass is 10.2. The summed E-state index contributed by atoms with van der Waals surface area (Å²) in [6, 6.07) is 1.91. The number of nitrogens with one attached hydrogen (secondary N) is 1. The molecule has 2 aromatic rings. The number of nitrogens with zero attached hydrogens (tertiary/aromatic N) is 4. The monoisotopic (exact) mass is 401 g/mol. The van der Waals surface area contributed by atoms with E-state index in [0.29, 0.717) is 12.1 Å². The highest BCUT2D eigenvalue weighted by Gasteiger charge is 2.31. The van der Waals surface area contributed by atoms with E-state index in [9.17, 15) is 21.6 Å². The fraction of sp³-hybridized carbons (Fsp3) is 0.438. The van der Waals surface area contributed by atoms with Crippen molar-refractivity contribution in [2.24, 2.45) is 5.10 Å². The van der Waals surface area contributed by atoms with Crippen LogP contribution in [0.3, 0.4) is 0 Å². The van der Waals surface area contributed by atoms with Crippen molar-refractivity contribution in [1.29, 1.82) is 0 Å². The number of aryl methyl sites for hydroxylation is 1. The highest BCUT2D eigenvalue weighted by molar-refractivity contribution is 7.91. The van der Waals surface area contributed by atoms with Crippen molar-refractivity contribution in [3.8, 4) is 0 Å². The maximum atomic E-state index is 12.5. The first-order chi connectivity index (χ1) is 12.6. The molecule has 0 amide bonds. The van der Waals surface area contributed by atoms with Gasteiger partial charge in [-0.15, -0.1) is 0 Å². The maximum Gasteiger partial charge on any atom is 0.417 e. The van der Waals surface area contributed by atoms with Crippen molar-refractivity contribution in [2.75, 3.05) is 16.9 Å². The number of hydrogen-bond donors (Lipinski definition) is 1. The van der Waals surface area contributed by atoms with E-state index in [0.717, 1.165) is 23.5 Å². The minimum Gasteiger partial charge on any atom is -0.265 e. The van der Waals surface area contributed by atoms with E-state index in [2.05, 4.69) is 20.6 Å². The van der Waals surface area contributed by atoms with Crippen LogP contribution in [0.15, 0.2) is 23.4 Å². The molecule has 0 aromatic carbocycles. The summed E-state index contributed by atoms with van der Waals surface area (Å²) < 4.78 is 62.6. The van der Waals surface area contributed by atoms with Crippen LogP contribution in [0.25, 0.3) is 0 Å². The third-order valence-corrected chi connectivity index (χ3v) is 6.15. The van der Waals surface area contributed by atoms with E-state index in [1.807, 2.05) is 6.92 Å². The Morgan fingerprint density at radius 1 is 1.33 bits per heavy atom. The van der Waals surface area contributed by atoms with Gasteiger partial charge in [-0.2, -0.15) is 23.4 Å². The van der Waals surface area contributed by atoms with Gasteiger partial charge in [-0.1, -0.05) is 0 Å². The van der Waals surface area contributed by atoms with E-state index >= 15 is 0 Å². The highest BCUT2D eigenvalue weighted by Crippen LogP contribution is 2.29. The fourth-order valence-electron chi connectivity index (χ4n) is 2.98. The van der Waals surface area contributed by atoms with Crippen LogP contribution in [0.1, 0.15) is 35.0 Å². The maximum absolute atomic E-state index is 12.5. The molecule has 1 saturated heterocycles. The van der Waals surface area contributed by atoms with Gasteiger partial charge in [-0.25, -0.2) is 13.4 Å².